The van der Waals surface area contributed by atoms with Crippen molar-refractivity contribution in [2.24, 2.45) is 0 Å². The van der Waals surface area contributed by atoms with Gasteiger partial charge in [-0.05, 0) is 55.5 Å². The molecule has 2 aliphatic rings. The standard InChI is InChI=1S/C21H22N2O2/c1-15-6-2-7-16-9-4-13-23(20(15)16)21(25)17-8-3-10-18(14-17)22-12-5-11-19(22)24/h2-3,6-8,10,14H,4-5,9,11-13H2,1H3. The van der Waals surface area contributed by atoms with Crippen LogP contribution in [0.5, 0.6) is 0 Å². The highest BCUT2D eigenvalue weighted by Crippen LogP contribution is 2.32. The molecule has 2 aromatic rings. The van der Waals surface area contributed by atoms with Crippen LogP contribution in [0.2, 0.25) is 0 Å². The topological polar surface area (TPSA) is 40.6 Å². The minimum atomic E-state index is 0.0174. The van der Waals surface area contributed by atoms with Crippen molar-refractivity contribution in [3.8, 4) is 0 Å². The van der Waals surface area contributed by atoms with Crippen LogP contribution < -0.4 is 9.80 Å². The minimum Gasteiger partial charge on any atom is -0.312 e. The summed E-state index contributed by atoms with van der Waals surface area (Å²) in [7, 11) is 0. The Morgan fingerprint density at radius 3 is 2.60 bits per heavy atom. The molecular formula is C21H22N2O2. The lowest BCUT2D eigenvalue weighted by Crippen LogP contribution is -2.36. The van der Waals surface area contributed by atoms with Gasteiger partial charge in [0, 0.05) is 30.8 Å². The molecule has 0 unspecified atom stereocenters. The van der Waals surface area contributed by atoms with E-state index in [1.807, 2.05) is 29.2 Å². The molecule has 0 aliphatic carbocycles. The zero-order valence-electron chi connectivity index (χ0n) is 14.5. The molecule has 2 aromatic carbocycles. The molecule has 2 aliphatic heterocycles. The van der Waals surface area contributed by atoms with Gasteiger partial charge in [0.15, 0.2) is 0 Å². The quantitative estimate of drug-likeness (QED) is 0.840. The number of nitrogens with zero attached hydrogens (tertiary/aromatic N) is 2. The molecule has 0 aromatic heterocycles. The van der Waals surface area contributed by atoms with E-state index < -0.39 is 0 Å². The van der Waals surface area contributed by atoms with E-state index in [9.17, 15) is 9.59 Å². The van der Waals surface area contributed by atoms with Crippen molar-refractivity contribution in [1.82, 2.24) is 0 Å². The first kappa shape index (κ1) is 15.9. The molecule has 1 saturated heterocycles. The highest BCUT2D eigenvalue weighted by molar-refractivity contribution is 6.08. The maximum Gasteiger partial charge on any atom is 0.258 e. The summed E-state index contributed by atoms with van der Waals surface area (Å²) in [5, 5.41) is 0. The van der Waals surface area contributed by atoms with Gasteiger partial charge in [-0.25, -0.2) is 0 Å². The number of benzene rings is 2. The van der Waals surface area contributed by atoms with Gasteiger partial charge < -0.3 is 9.80 Å². The van der Waals surface area contributed by atoms with Gasteiger partial charge in [0.05, 0.1) is 5.69 Å². The molecule has 4 nitrogen and oxygen atoms in total. The molecule has 0 radical (unpaired) electrons. The molecule has 25 heavy (non-hydrogen) atoms. The highest BCUT2D eigenvalue weighted by atomic mass is 16.2. The first-order valence-corrected chi connectivity index (χ1v) is 8.96. The summed E-state index contributed by atoms with van der Waals surface area (Å²) in [5.41, 5.74) is 4.91. The maximum absolute atomic E-state index is 13.2. The van der Waals surface area contributed by atoms with Crippen molar-refractivity contribution in [1.29, 1.82) is 0 Å². The van der Waals surface area contributed by atoms with E-state index in [1.54, 1.807) is 4.90 Å². The number of amides is 2. The zero-order chi connectivity index (χ0) is 17.4. The summed E-state index contributed by atoms with van der Waals surface area (Å²) in [6.07, 6.45) is 3.47. The van der Waals surface area contributed by atoms with Gasteiger partial charge in [-0.1, -0.05) is 24.3 Å². The van der Waals surface area contributed by atoms with Gasteiger partial charge in [0.25, 0.3) is 5.91 Å². The Labute approximate surface area is 148 Å². The number of rotatable bonds is 2. The number of aryl methyl sites for hydroxylation is 2. The number of anilines is 2. The Bertz CT molecular complexity index is 844. The fourth-order valence-corrected chi connectivity index (χ4v) is 3.93. The van der Waals surface area contributed by atoms with Crippen LogP contribution >= 0.6 is 0 Å². The predicted molar refractivity (Wildman–Crippen MR) is 99.2 cm³/mol. The maximum atomic E-state index is 13.2. The van der Waals surface area contributed by atoms with E-state index in [4.69, 9.17) is 0 Å². The number of para-hydroxylation sites is 1. The van der Waals surface area contributed by atoms with Gasteiger partial charge in [-0.3, -0.25) is 9.59 Å². The average molecular weight is 334 g/mol. The second-order valence-electron chi connectivity index (χ2n) is 6.84. The Hall–Kier alpha value is -2.62. The fourth-order valence-electron chi connectivity index (χ4n) is 3.93. The molecule has 0 bridgehead atoms. The lowest BCUT2D eigenvalue weighted by molar-refractivity contribution is -0.117. The van der Waals surface area contributed by atoms with Crippen molar-refractivity contribution >= 4 is 23.2 Å². The third-order valence-electron chi connectivity index (χ3n) is 5.14. The summed E-state index contributed by atoms with van der Waals surface area (Å²) in [4.78, 5) is 28.9. The molecule has 0 saturated carbocycles. The normalized spacial score (nSPS) is 16.9. The molecular weight excluding hydrogens is 312 g/mol. The lowest BCUT2D eigenvalue weighted by Gasteiger charge is -2.31. The fraction of sp³-hybridized carbons (Fsp3) is 0.333. The molecule has 1 fully saturated rings. The van der Waals surface area contributed by atoms with Crippen molar-refractivity contribution in [2.75, 3.05) is 22.9 Å². The van der Waals surface area contributed by atoms with Crippen molar-refractivity contribution in [3.63, 3.8) is 0 Å². The Morgan fingerprint density at radius 1 is 1.00 bits per heavy atom. The summed E-state index contributed by atoms with van der Waals surface area (Å²) >= 11 is 0. The second kappa shape index (κ2) is 6.36. The van der Waals surface area contributed by atoms with Crippen molar-refractivity contribution in [2.45, 2.75) is 32.6 Å². The van der Waals surface area contributed by atoms with Crippen molar-refractivity contribution < 1.29 is 9.59 Å². The molecule has 0 atom stereocenters. The number of carbonyl (C=O) groups is 2. The lowest BCUT2D eigenvalue weighted by atomic mass is 9.97. The number of carbonyl (C=O) groups excluding carboxylic acids is 2. The van der Waals surface area contributed by atoms with Crippen molar-refractivity contribution in [3.05, 3.63) is 59.2 Å². The van der Waals surface area contributed by atoms with Gasteiger partial charge in [0.2, 0.25) is 5.91 Å². The van der Waals surface area contributed by atoms with Crippen LogP contribution in [0.15, 0.2) is 42.5 Å². The summed E-state index contributed by atoms with van der Waals surface area (Å²) in [6, 6.07) is 13.7. The average Bonchev–Trinajstić information content (AvgIpc) is 3.07. The molecule has 0 N–H and O–H groups in total. The van der Waals surface area contributed by atoms with Crippen LogP contribution in [-0.4, -0.2) is 24.9 Å². The summed E-state index contributed by atoms with van der Waals surface area (Å²) < 4.78 is 0. The number of hydrogen-bond donors (Lipinski definition) is 0. The SMILES string of the molecule is Cc1cccc2c1N(C(=O)c1cccc(N3CCCC3=O)c1)CCC2. The number of fused-ring (bicyclic) bond motifs is 1. The third-order valence-corrected chi connectivity index (χ3v) is 5.14. The van der Waals surface area contributed by atoms with Crippen LogP contribution in [-0.2, 0) is 11.2 Å². The Balaban J connectivity index is 1.68. The van der Waals surface area contributed by atoms with Crippen LogP contribution in [0.1, 0.15) is 40.7 Å². The van der Waals surface area contributed by atoms with Gasteiger partial charge in [-0.15, -0.1) is 0 Å². The molecule has 0 spiro atoms. The Morgan fingerprint density at radius 2 is 1.80 bits per heavy atom. The molecule has 128 valence electrons. The minimum absolute atomic E-state index is 0.0174. The van der Waals surface area contributed by atoms with E-state index in [0.29, 0.717) is 12.0 Å². The van der Waals surface area contributed by atoms with Crippen LogP contribution in [0.25, 0.3) is 0 Å². The molecule has 4 heteroatoms. The number of hydrogen-bond acceptors (Lipinski definition) is 2. The van der Waals surface area contributed by atoms with E-state index in [-0.39, 0.29) is 11.8 Å². The van der Waals surface area contributed by atoms with Crippen LogP contribution in [0.4, 0.5) is 11.4 Å². The monoisotopic (exact) mass is 334 g/mol. The van der Waals surface area contributed by atoms with Gasteiger partial charge >= 0.3 is 0 Å². The van der Waals surface area contributed by atoms with E-state index >= 15 is 0 Å². The predicted octanol–water partition coefficient (Wildman–Crippen LogP) is 3.71. The molecule has 4 rings (SSSR count). The van der Waals surface area contributed by atoms with Crippen LogP contribution in [0, 0.1) is 6.92 Å². The summed E-state index contributed by atoms with van der Waals surface area (Å²) in [6.45, 7) is 3.54. The van der Waals surface area contributed by atoms with E-state index in [2.05, 4.69) is 25.1 Å². The summed E-state index contributed by atoms with van der Waals surface area (Å²) in [5.74, 6) is 0.160. The van der Waals surface area contributed by atoms with Gasteiger partial charge in [0.1, 0.15) is 0 Å². The van der Waals surface area contributed by atoms with E-state index in [0.717, 1.165) is 49.3 Å². The third kappa shape index (κ3) is 2.82. The highest BCUT2D eigenvalue weighted by Gasteiger charge is 2.26. The van der Waals surface area contributed by atoms with Crippen LogP contribution in [0.3, 0.4) is 0 Å². The first-order valence-electron chi connectivity index (χ1n) is 8.96. The Kier molecular flexibility index (Phi) is 4.04. The molecule has 2 heterocycles. The van der Waals surface area contributed by atoms with E-state index in [1.165, 1.54) is 5.56 Å². The smallest absolute Gasteiger partial charge is 0.258 e. The largest absolute Gasteiger partial charge is 0.312 e. The molecule has 2 amide bonds. The second-order valence-corrected chi connectivity index (χ2v) is 6.84. The first-order chi connectivity index (χ1) is 12.1. The van der Waals surface area contributed by atoms with Gasteiger partial charge in [-0.2, -0.15) is 0 Å². The zero-order valence-corrected chi connectivity index (χ0v) is 14.5.